The van der Waals surface area contributed by atoms with Crippen LogP contribution in [0.2, 0.25) is 0 Å². The fourth-order valence-corrected chi connectivity index (χ4v) is 6.08. The zero-order chi connectivity index (χ0) is 30.8. The van der Waals surface area contributed by atoms with Crippen LogP contribution in [0.1, 0.15) is 31.7 Å². The van der Waals surface area contributed by atoms with Crippen molar-refractivity contribution in [2.75, 3.05) is 55.6 Å². The molecule has 3 aromatic heterocycles. The third-order valence-corrected chi connectivity index (χ3v) is 8.59. The Bertz CT molecular complexity index is 1800. The molecule has 0 amide bonds. The minimum atomic E-state index is -0.360. The number of fused-ring (bicyclic) bond motifs is 1. The Hall–Kier alpha value is -4.41. The minimum Gasteiger partial charge on any atom is -0.341 e. The highest BCUT2D eigenvalue weighted by Gasteiger charge is 2.26. The third kappa shape index (κ3) is 5.87. The summed E-state index contributed by atoms with van der Waals surface area (Å²) in [5.74, 6) is 7.23. The van der Waals surface area contributed by atoms with Gasteiger partial charge in [-0.2, -0.15) is 9.97 Å². The van der Waals surface area contributed by atoms with E-state index in [4.69, 9.17) is 15.2 Å². The molecule has 13 heteroatoms. The number of anilines is 2. The highest BCUT2D eigenvalue weighted by molar-refractivity contribution is 5.75. The smallest absolute Gasteiger partial charge is 0.332 e. The Labute approximate surface area is 255 Å². The molecule has 44 heavy (non-hydrogen) atoms. The van der Waals surface area contributed by atoms with Gasteiger partial charge in [0.1, 0.15) is 0 Å². The van der Waals surface area contributed by atoms with Crippen molar-refractivity contribution in [1.82, 2.24) is 33.7 Å². The van der Waals surface area contributed by atoms with Gasteiger partial charge in [0.25, 0.3) is 5.56 Å². The monoisotopic (exact) mass is 600 g/mol. The van der Waals surface area contributed by atoms with Gasteiger partial charge in [-0.05, 0) is 39.7 Å². The highest BCUT2D eigenvalue weighted by Crippen LogP contribution is 2.23. The lowest BCUT2D eigenvalue weighted by Crippen LogP contribution is -2.47. The van der Waals surface area contributed by atoms with Crippen LogP contribution < -0.4 is 26.8 Å². The summed E-state index contributed by atoms with van der Waals surface area (Å²) in [6, 6.07) is 8.62. The Morgan fingerprint density at radius 2 is 1.77 bits per heavy atom. The summed E-state index contributed by atoms with van der Waals surface area (Å²) in [5, 5.41) is 4.17. The lowest BCUT2D eigenvalue weighted by atomic mass is 10.1. The molecule has 0 radical (unpaired) electrons. The molecule has 232 valence electrons. The van der Waals surface area contributed by atoms with E-state index in [2.05, 4.69) is 36.7 Å². The van der Waals surface area contributed by atoms with Crippen molar-refractivity contribution in [2.24, 2.45) is 12.8 Å². The van der Waals surface area contributed by atoms with E-state index < -0.39 is 0 Å². The molecule has 0 unspecified atom stereocenters. The molecule has 2 fully saturated rings. The molecule has 2 aliphatic heterocycles. The van der Waals surface area contributed by atoms with E-state index in [0.29, 0.717) is 55.0 Å². The maximum atomic E-state index is 13.8. The third-order valence-electron chi connectivity index (χ3n) is 8.59. The largest absolute Gasteiger partial charge is 0.341 e. The van der Waals surface area contributed by atoms with E-state index in [0.717, 1.165) is 57.7 Å². The van der Waals surface area contributed by atoms with Gasteiger partial charge in [-0.25, -0.2) is 4.79 Å². The molecule has 0 aliphatic carbocycles. The molecular weight excluding hydrogens is 560 g/mol. The Morgan fingerprint density at radius 3 is 2.50 bits per heavy atom. The highest BCUT2D eigenvalue weighted by atomic mass is 16.5. The summed E-state index contributed by atoms with van der Waals surface area (Å²) < 4.78 is 10.2. The Balaban J connectivity index is 1.13. The van der Waals surface area contributed by atoms with Gasteiger partial charge in [0.15, 0.2) is 11.2 Å². The fraction of sp³-hybridized carbons (Fsp3) is 0.516. The fourth-order valence-electron chi connectivity index (χ4n) is 6.08. The zero-order valence-corrected chi connectivity index (χ0v) is 25.7. The molecule has 4 aromatic rings. The topological polar surface area (TPSA) is 136 Å². The lowest BCUT2D eigenvalue weighted by Gasteiger charge is -2.33. The van der Waals surface area contributed by atoms with E-state index >= 15 is 0 Å². The van der Waals surface area contributed by atoms with E-state index in [9.17, 15) is 9.59 Å². The molecule has 2 saturated heterocycles. The van der Waals surface area contributed by atoms with Crippen LogP contribution in [0.25, 0.3) is 22.6 Å². The quantitative estimate of drug-likeness (QED) is 0.296. The van der Waals surface area contributed by atoms with Crippen LogP contribution >= 0.6 is 0 Å². The number of aryl methyl sites for hydroxylation is 2. The van der Waals surface area contributed by atoms with E-state index in [1.165, 1.54) is 14.7 Å². The van der Waals surface area contributed by atoms with Crippen molar-refractivity contribution in [3.63, 3.8) is 0 Å². The minimum absolute atomic E-state index is 0.0415. The van der Waals surface area contributed by atoms with Crippen molar-refractivity contribution < 1.29 is 4.52 Å². The molecule has 0 saturated carbocycles. The number of nitrogens with zero attached hydrogens (tertiary/aromatic N) is 9. The Kier molecular flexibility index (Phi) is 8.54. The maximum absolute atomic E-state index is 13.8. The van der Waals surface area contributed by atoms with Crippen LogP contribution in [-0.4, -0.2) is 85.6 Å². The van der Waals surface area contributed by atoms with Gasteiger partial charge in [-0.15, -0.1) is 5.92 Å². The van der Waals surface area contributed by atoms with Crippen LogP contribution in [0.15, 0.2) is 38.4 Å². The molecule has 1 atom stereocenters. The second kappa shape index (κ2) is 12.7. The number of hydrogen-bond donors (Lipinski definition) is 1. The van der Waals surface area contributed by atoms with Crippen molar-refractivity contribution in [3.8, 4) is 23.2 Å². The number of rotatable bonds is 8. The first-order chi connectivity index (χ1) is 21.3. The average Bonchev–Trinajstić information content (AvgIpc) is 3.67. The molecule has 0 bridgehead atoms. The molecule has 2 N–H and O–H groups in total. The summed E-state index contributed by atoms with van der Waals surface area (Å²) in [6.45, 7) is 9.81. The maximum Gasteiger partial charge on any atom is 0.332 e. The van der Waals surface area contributed by atoms with Crippen LogP contribution in [0.5, 0.6) is 0 Å². The number of benzene rings is 1. The number of piperazine rings is 1. The molecule has 2 aliphatic rings. The molecule has 6 rings (SSSR count). The van der Waals surface area contributed by atoms with E-state index in [1.807, 2.05) is 35.8 Å². The number of piperidine rings is 1. The predicted octanol–water partition coefficient (Wildman–Crippen LogP) is 1.42. The predicted molar refractivity (Wildman–Crippen MR) is 170 cm³/mol. The molecule has 5 heterocycles. The van der Waals surface area contributed by atoms with Crippen LogP contribution in [0, 0.1) is 18.8 Å². The van der Waals surface area contributed by atoms with E-state index in [-0.39, 0.29) is 17.3 Å². The SMILES string of the molecule is CC#CCn1c(N2CCC[C@@H](N)C2)nc2c1c(=O)n(CCCN1CCN(c3nc(-c4ccc(C)cc4)no3)CC1)c(=O)n2C. The van der Waals surface area contributed by atoms with Crippen LogP contribution in [0.3, 0.4) is 0 Å². The number of aromatic nitrogens is 6. The Morgan fingerprint density at radius 1 is 1.00 bits per heavy atom. The zero-order valence-electron chi connectivity index (χ0n) is 25.7. The number of nitrogens with two attached hydrogens (primary N) is 1. The van der Waals surface area contributed by atoms with Crippen molar-refractivity contribution in [3.05, 3.63) is 50.7 Å². The second-order valence-electron chi connectivity index (χ2n) is 11.7. The number of imidazole rings is 1. The normalized spacial score (nSPS) is 17.7. The summed E-state index contributed by atoms with van der Waals surface area (Å²) >= 11 is 0. The van der Waals surface area contributed by atoms with E-state index in [1.54, 1.807) is 14.0 Å². The average molecular weight is 601 g/mol. The first kappa shape index (κ1) is 29.7. The van der Waals surface area contributed by atoms with Crippen molar-refractivity contribution >= 4 is 23.1 Å². The first-order valence-corrected chi connectivity index (χ1v) is 15.3. The van der Waals surface area contributed by atoms with Gasteiger partial charge in [0.2, 0.25) is 11.8 Å². The van der Waals surface area contributed by atoms with Gasteiger partial charge in [0, 0.05) is 64.5 Å². The van der Waals surface area contributed by atoms with Gasteiger partial charge in [0.05, 0.1) is 6.54 Å². The second-order valence-corrected chi connectivity index (χ2v) is 11.7. The van der Waals surface area contributed by atoms with Crippen molar-refractivity contribution in [1.29, 1.82) is 0 Å². The first-order valence-electron chi connectivity index (χ1n) is 15.3. The van der Waals surface area contributed by atoms with Gasteiger partial charge in [-0.1, -0.05) is 40.9 Å². The number of hydrogen-bond acceptors (Lipinski definition) is 10. The summed E-state index contributed by atoms with van der Waals surface area (Å²) in [6.07, 6.45) is 2.57. The summed E-state index contributed by atoms with van der Waals surface area (Å²) in [5.41, 5.74) is 8.46. The molecular formula is C31H40N10O3. The van der Waals surface area contributed by atoms with Gasteiger partial charge in [-0.3, -0.25) is 23.4 Å². The van der Waals surface area contributed by atoms with Crippen LogP contribution in [0.4, 0.5) is 12.0 Å². The molecule has 1 aromatic carbocycles. The van der Waals surface area contributed by atoms with Crippen LogP contribution in [-0.2, 0) is 20.1 Å². The molecule has 13 nitrogen and oxygen atoms in total. The lowest BCUT2D eigenvalue weighted by molar-refractivity contribution is 0.242. The molecule has 0 spiro atoms. The summed E-state index contributed by atoms with van der Waals surface area (Å²) in [4.78, 5) is 43.1. The summed E-state index contributed by atoms with van der Waals surface area (Å²) in [7, 11) is 1.68. The van der Waals surface area contributed by atoms with Gasteiger partial charge >= 0.3 is 11.7 Å². The van der Waals surface area contributed by atoms with Gasteiger partial charge < -0.3 is 20.1 Å². The van der Waals surface area contributed by atoms with Crippen molar-refractivity contribution in [2.45, 2.75) is 52.2 Å². The standard InChI is InChI=1S/C31H40N10O3/c1-4-5-15-40-25-27(34-29(40)39-14-6-8-24(32)21-39)36(3)31(43)41(28(25)42)16-7-13-37-17-19-38(20-18-37)30-33-26(35-44-30)23-11-9-22(2)10-12-23/h9-12,24H,6-8,13-21,32H2,1-3H3/t24-/m1/s1.